The van der Waals surface area contributed by atoms with Crippen LogP contribution in [0.1, 0.15) is 22.0 Å². The van der Waals surface area contributed by atoms with Crippen molar-refractivity contribution >= 4 is 28.7 Å². The summed E-state index contributed by atoms with van der Waals surface area (Å²) >= 11 is 1.67. The van der Waals surface area contributed by atoms with Gasteiger partial charge in [0.05, 0.1) is 11.0 Å². The maximum Gasteiger partial charge on any atom is 0.234 e. The zero-order valence-electron chi connectivity index (χ0n) is 10.7. The van der Waals surface area contributed by atoms with E-state index in [1.54, 1.807) is 16.3 Å². The Balaban J connectivity index is 1.82. The van der Waals surface area contributed by atoms with Gasteiger partial charge in [-0.25, -0.2) is 4.98 Å². The second-order valence-corrected chi connectivity index (χ2v) is 6.00. The lowest BCUT2D eigenvalue weighted by Crippen LogP contribution is -2.19. The summed E-state index contributed by atoms with van der Waals surface area (Å²) in [5.41, 5.74) is 2.98. The van der Waals surface area contributed by atoms with E-state index in [-0.39, 0.29) is 11.2 Å². The van der Waals surface area contributed by atoms with Gasteiger partial charge < -0.3 is 0 Å². The molecule has 0 amide bonds. The Morgan fingerprint density at radius 2 is 1.80 bits per heavy atom. The number of rotatable bonds is 1. The molecule has 2 heterocycles. The second kappa shape index (κ2) is 4.49. The van der Waals surface area contributed by atoms with Crippen molar-refractivity contribution in [3.8, 4) is 0 Å². The molecule has 0 bridgehead atoms. The number of nitrogens with zero attached hydrogens (tertiary/aromatic N) is 2. The topological polar surface area (TPSA) is 34.9 Å². The molecule has 0 fully saturated rings. The van der Waals surface area contributed by atoms with Gasteiger partial charge in [0.25, 0.3) is 0 Å². The Labute approximate surface area is 120 Å². The first-order valence-electron chi connectivity index (χ1n) is 6.55. The van der Waals surface area contributed by atoms with Gasteiger partial charge >= 0.3 is 0 Å². The molecule has 98 valence electrons. The number of aromatic nitrogens is 2. The Morgan fingerprint density at radius 1 is 1.05 bits per heavy atom. The van der Waals surface area contributed by atoms with Gasteiger partial charge in [0.1, 0.15) is 0 Å². The van der Waals surface area contributed by atoms with Crippen molar-refractivity contribution in [2.75, 3.05) is 0 Å². The van der Waals surface area contributed by atoms with Crippen molar-refractivity contribution in [3.63, 3.8) is 0 Å². The lowest BCUT2D eigenvalue weighted by molar-refractivity contribution is 0.0891. The minimum Gasteiger partial charge on any atom is -0.274 e. The number of hydrogen-bond donors (Lipinski definition) is 0. The first-order valence-corrected chi connectivity index (χ1v) is 7.43. The number of fused-ring (bicyclic) bond motifs is 3. The average molecular weight is 280 g/mol. The molecular formula is C16H12N2OS. The van der Waals surface area contributed by atoms with Crippen molar-refractivity contribution in [2.45, 2.75) is 16.8 Å². The molecule has 0 saturated carbocycles. The standard InChI is InChI=1S/C16H12N2OS/c19-15-10-14(11-6-2-1-3-7-11)20-16-17-12-8-4-5-9-13(12)18(15)16/h1-9,14H,10H2/t14-/m1/s1. The summed E-state index contributed by atoms with van der Waals surface area (Å²) in [6.07, 6.45) is 0.516. The molecule has 4 heteroatoms. The largest absolute Gasteiger partial charge is 0.274 e. The molecular weight excluding hydrogens is 268 g/mol. The molecule has 0 radical (unpaired) electrons. The van der Waals surface area contributed by atoms with Crippen molar-refractivity contribution in [1.82, 2.24) is 9.55 Å². The third-order valence-corrected chi connectivity index (χ3v) is 4.77. The summed E-state index contributed by atoms with van der Waals surface area (Å²) in [6, 6.07) is 18.0. The highest BCUT2D eigenvalue weighted by Gasteiger charge is 2.29. The predicted octanol–water partition coefficient (Wildman–Crippen LogP) is 3.91. The summed E-state index contributed by atoms with van der Waals surface area (Å²) in [4.78, 5) is 17.0. The minimum absolute atomic E-state index is 0.126. The average Bonchev–Trinajstić information content (AvgIpc) is 2.87. The van der Waals surface area contributed by atoms with Crippen LogP contribution in [0.15, 0.2) is 59.8 Å². The summed E-state index contributed by atoms with van der Waals surface area (Å²) in [5, 5.41) is 0.962. The maximum absolute atomic E-state index is 12.5. The molecule has 0 N–H and O–H groups in total. The molecule has 0 saturated heterocycles. The second-order valence-electron chi connectivity index (χ2n) is 4.83. The van der Waals surface area contributed by atoms with Crippen LogP contribution in [-0.2, 0) is 0 Å². The monoisotopic (exact) mass is 280 g/mol. The zero-order chi connectivity index (χ0) is 13.5. The molecule has 0 unspecified atom stereocenters. The van der Waals surface area contributed by atoms with Gasteiger partial charge in [-0.2, -0.15) is 0 Å². The van der Waals surface area contributed by atoms with Crippen LogP contribution in [0.2, 0.25) is 0 Å². The number of imidazole rings is 1. The summed E-state index contributed by atoms with van der Waals surface area (Å²) in [7, 11) is 0. The van der Waals surface area contributed by atoms with Crippen LogP contribution in [0.5, 0.6) is 0 Å². The third-order valence-electron chi connectivity index (χ3n) is 3.56. The summed E-state index contributed by atoms with van der Waals surface area (Å²) in [6.45, 7) is 0. The first kappa shape index (κ1) is 11.7. The van der Waals surface area contributed by atoms with Crippen LogP contribution in [0.4, 0.5) is 0 Å². The Hall–Kier alpha value is -2.07. The van der Waals surface area contributed by atoms with Crippen molar-refractivity contribution < 1.29 is 4.79 Å². The van der Waals surface area contributed by atoms with Crippen LogP contribution in [-0.4, -0.2) is 15.5 Å². The van der Waals surface area contributed by atoms with Gasteiger partial charge in [0, 0.05) is 11.7 Å². The number of benzene rings is 2. The zero-order valence-corrected chi connectivity index (χ0v) is 11.5. The molecule has 1 atom stereocenters. The summed E-state index contributed by atoms with van der Waals surface area (Å²) < 4.78 is 1.75. The molecule has 4 rings (SSSR count). The molecule has 1 aliphatic rings. The fraction of sp³-hybridized carbons (Fsp3) is 0.125. The third kappa shape index (κ3) is 1.76. The van der Waals surface area contributed by atoms with Gasteiger partial charge in [-0.1, -0.05) is 54.2 Å². The molecule has 3 aromatic rings. The van der Waals surface area contributed by atoms with Crippen LogP contribution in [0, 0.1) is 0 Å². The van der Waals surface area contributed by atoms with E-state index in [1.807, 2.05) is 42.5 Å². The number of carbonyl (C=O) groups is 1. The Morgan fingerprint density at radius 3 is 2.65 bits per heavy atom. The number of thioether (sulfide) groups is 1. The normalized spacial score (nSPS) is 18.2. The molecule has 3 nitrogen and oxygen atoms in total. The minimum atomic E-state index is 0.126. The van der Waals surface area contributed by atoms with Crippen LogP contribution in [0.3, 0.4) is 0 Å². The highest BCUT2D eigenvalue weighted by Crippen LogP contribution is 2.42. The number of carbonyl (C=O) groups excluding carboxylic acids is 1. The van der Waals surface area contributed by atoms with E-state index in [0.717, 1.165) is 16.2 Å². The van der Waals surface area contributed by atoms with Gasteiger partial charge in [0.15, 0.2) is 5.16 Å². The highest BCUT2D eigenvalue weighted by atomic mass is 32.2. The van der Waals surface area contributed by atoms with Crippen LogP contribution >= 0.6 is 11.8 Å². The quantitative estimate of drug-likeness (QED) is 0.677. The van der Waals surface area contributed by atoms with Crippen molar-refractivity contribution in [2.24, 2.45) is 0 Å². The van der Waals surface area contributed by atoms with Crippen LogP contribution in [0.25, 0.3) is 11.0 Å². The molecule has 2 aromatic carbocycles. The summed E-state index contributed by atoms with van der Waals surface area (Å²) in [5.74, 6) is 0.126. The lowest BCUT2D eigenvalue weighted by atomic mass is 10.1. The first-order chi connectivity index (χ1) is 9.83. The highest BCUT2D eigenvalue weighted by molar-refractivity contribution is 7.99. The lowest BCUT2D eigenvalue weighted by Gasteiger charge is -2.21. The SMILES string of the molecule is O=C1C[C@H](c2ccccc2)Sc2nc3ccccc3n21. The van der Waals surface area contributed by atoms with E-state index < -0.39 is 0 Å². The fourth-order valence-corrected chi connectivity index (χ4v) is 3.83. The van der Waals surface area contributed by atoms with Gasteiger partial charge in [-0.05, 0) is 17.7 Å². The molecule has 20 heavy (non-hydrogen) atoms. The molecule has 0 aliphatic carbocycles. The Kier molecular flexibility index (Phi) is 2.63. The van der Waals surface area contributed by atoms with E-state index in [9.17, 15) is 4.79 Å². The van der Waals surface area contributed by atoms with E-state index in [2.05, 4.69) is 17.1 Å². The smallest absolute Gasteiger partial charge is 0.234 e. The predicted molar refractivity (Wildman–Crippen MR) is 80.0 cm³/mol. The van der Waals surface area contributed by atoms with E-state index >= 15 is 0 Å². The number of hydrogen-bond acceptors (Lipinski definition) is 3. The van der Waals surface area contributed by atoms with Gasteiger partial charge in [-0.3, -0.25) is 9.36 Å². The molecule has 1 aromatic heterocycles. The Bertz CT molecular complexity index is 795. The van der Waals surface area contributed by atoms with E-state index in [1.165, 1.54) is 5.56 Å². The van der Waals surface area contributed by atoms with Crippen molar-refractivity contribution in [1.29, 1.82) is 0 Å². The van der Waals surface area contributed by atoms with Crippen LogP contribution < -0.4 is 0 Å². The van der Waals surface area contributed by atoms with E-state index in [4.69, 9.17) is 0 Å². The molecule has 1 aliphatic heterocycles. The van der Waals surface area contributed by atoms with E-state index in [0.29, 0.717) is 6.42 Å². The fourth-order valence-electron chi connectivity index (χ4n) is 2.60. The van der Waals surface area contributed by atoms with Gasteiger partial charge in [-0.15, -0.1) is 0 Å². The number of para-hydroxylation sites is 2. The maximum atomic E-state index is 12.5. The molecule has 0 spiro atoms. The van der Waals surface area contributed by atoms with Crippen molar-refractivity contribution in [3.05, 3.63) is 60.2 Å². The van der Waals surface area contributed by atoms with Gasteiger partial charge in [0.2, 0.25) is 5.91 Å².